The third kappa shape index (κ3) is 3.76. The second-order valence-corrected chi connectivity index (χ2v) is 6.18. The molecule has 1 aromatic rings. The Kier molecular flexibility index (Phi) is 4.75. The molecule has 1 saturated heterocycles. The summed E-state index contributed by atoms with van der Waals surface area (Å²) >= 11 is 6.57. The normalized spacial score (nSPS) is 17.7. The lowest BCUT2D eigenvalue weighted by Gasteiger charge is -2.29. The first-order valence-electron chi connectivity index (χ1n) is 5.87. The van der Waals surface area contributed by atoms with Gasteiger partial charge in [-0.05, 0) is 77.0 Å². The van der Waals surface area contributed by atoms with E-state index >= 15 is 0 Å². The van der Waals surface area contributed by atoms with Crippen molar-refractivity contribution in [3.63, 3.8) is 0 Å². The van der Waals surface area contributed by atoms with Gasteiger partial charge in [-0.3, -0.25) is 4.79 Å². The summed E-state index contributed by atoms with van der Waals surface area (Å²) in [5, 5.41) is 3.08. The summed E-state index contributed by atoms with van der Waals surface area (Å²) in [7, 11) is 2.11. The number of nitrogens with zero attached hydrogens (tertiary/aromatic N) is 2. The first-order valence-corrected chi connectivity index (χ1v) is 7.45. The predicted molar refractivity (Wildman–Crippen MR) is 77.6 cm³/mol. The number of hydrogen-bond acceptors (Lipinski definition) is 3. The molecule has 2 heterocycles. The molecule has 0 spiro atoms. The Morgan fingerprint density at radius 2 is 1.89 bits per heavy atom. The van der Waals surface area contributed by atoms with Crippen LogP contribution in [0.1, 0.15) is 23.2 Å². The van der Waals surface area contributed by atoms with Gasteiger partial charge in [0.1, 0.15) is 9.21 Å². The number of halogens is 2. The molecular weight excluding hydrogens is 362 g/mol. The minimum Gasteiger partial charge on any atom is -0.349 e. The van der Waals surface area contributed by atoms with Gasteiger partial charge >= 0.3 is 0 Å². The van der Waals surface area contributed by atoms with Gasteiger partial charge in [0.15, 0.2) is 0 Å². The first-order chi connectivity index (χ1) is 8.54. The summed E-state index contributed by atoms with van der Waals surface area (Å²) in [6.07, 6.45) is 2.02. The highest BCUT2D eigenvalue weighted by molar-refractivity contribution is 9.11. The van der Waals surface area contributed by atoms with E-state index in [2.05, 4.69) is 54.1 Å². The van der Waals surface area contributed by atoms with Gasteiger partial charge in [0.2, 0.25) is 0 Å². The summed E-state index contributed by atoms with van der Waals surface area (Å²) in [4.78, 5) is 18.5. The van der Waals surface area contributed by atoms with Gasteiger partial charge < -0.3 is 10.2 Å². The van der Waals surface area contributed by atoms with Crippen molar-refractivity contribution in [1.29, 1.82) is 0 Å². The molecule has 0 unspecified atom stereocenters. The Balaban J connectivity index is 1.99. The maximum absolute atomic E-state index is 12.1. The van der Waals surface area contributed by atoms with E-state index in [0.29, 0.717) is 14.8 Å². The molecule has 1 aliphatic rings. The van der Waals surface area contributed by atoms with E-state index in [1.165, 1.54) is 0 Å². The summed E-state index contributed by atoms with van der Waals surface area (Å²) in [5.41, 5.74) is 0.627. The zero-order valence-corrected chi connectivity index (χ0v) is 13.3. The van der Waals surface area contributed by atoms with Gasteiger partial charge in [-0.15, -0.1) is 0 Å². The van der Waals surface area contributed by atoms with Crippen molar-refractivity contribution in [2.45, 2.75) is 18.9 Å². The first kappa shape index (κ1) is 14.0. The van der Waals surface area contributed by atoms with Crippen LogP contribution >= 0.6 is 31.9 Å². The number of carbonyl (C=O) groups is 1. The van der Waals surface area contributed by atoms with E-state index < -0.39 is 0 Å². The minimum atomic E-state index is -0.0339. The lowest BCUT2D eigenvalue weighted by Crippen LogP contribution is -2.43. The van der Waals surface area contributed by atoms with Gasteiger partial charge in [0.25, 0.3) is 5.91 Å². The monoisotopic (exact) mass is 375 g/mol. The molecule has 0 aliphatic carbocycles. The molecule has 1 aromatic heterocycles. The zero-order chi connectivity index (χ0) is 13.1. The van der Waals surface area contributed by atoms with E-state index in [1.807, 2.05) is 0 Å². The molecule has 1 aliphatic heterocycles. The van der Waals surface area contributed by atoms with Crippen LogP contribution in [0.5, 0.6) is 0 Å². The Hall–Kier alpha value is -0.460. The van der Waals surface area contributed by atoms with E-state index in [4.69, 9.17) is 0 Å². The number of pyridine rings is 1. The maximum atomic E-state index is 12.1. The fourth-order valence-electron chi connectivity index (χ4n) is 2.02. The molecule has 0 saturated carbocycles. The van der Waals surface area contributed by atoms with E-state index in [1.54, 1.807) is 12.1 Å². The average molecular weight is 377 g/mol. The van der Waals surface area contributed by atoms with Crippen LogP contribution in [0.3, 0.4) is 0 Å². The Morgan fingerprint density at radius 1 is 1.33 bits per heavy atom. The summed E-state index contributed by atoms with van der Waals surface area (Å²) < 4.78 is 1.32. The lowest BCUT2D eigenvalue weighted by atomic mass is 10.1. The Morgan fingerprint density at radius 3 is 2.44 bits per heavy atom. The molecule has 18 heavy (non-hydrogen) atoms. The van der Waals surface area contributed by atoms with Crippen LogP contribution in [0.25, 0.3) is 0 Å². The Bertz CT molecular complexity index is 425. The lowest BCUT2D eigenvalue weighted by molar-refractivity contribution is 0.0916. The van der Waals surface area contributed by atoms with Crippen LogP contribution in [-0.2, 0) is 0 Å². The van der Waals surface area contributed by atoms with Gasteiger partial charge in [-0.25, -0.2) is 4.98 Å². The van der Waals surface area contributed by atoms with Crippen molar-refractivity contribution >= 4 is 37.8 Å². The third-order valence-electron chi connectivity index (χ3n) is 3.08. The van der Waals surface area contributed by atoms with Crippen molar-refractivity contribution in [3.05, 3.63) is 26.9 Å². The molecule has 0 aromatic carbocycles. The number of likely N-dealkylation sites (tertiary alicyclic amines) is 1. The van der Waals surface area contributed by atoms with Crippen molar-refractivity contribution in [1.82, 2.24) is 15.2 Å². The highest BCUT2D eigenvalue weighted by Gasteiger charge is 2.19. The summed E-state index contributed by atoms with van der Waals surface area (Å²) in [5.74, 6) is -0.0339. The second kappa shape index (κ2) is 6.12. The highest BCUT2D eigenvalue weighted by atomic mass is 79.9. The average Bonchev–Trinajstić information content (AvgIpc) is 2.31. The number of nitrogens with one attached hydrogen (secondary N) is 1. The molecule has 1 N–H and O–H groups in total. The van der Waals surface area contributed by atoms with Crippen molar-refractivity contribution in [3.8, 4) is 0 Å². The number of rotatable bonds is 2. The van der Waals surface area contributed by atoms with Crippen molar-refractivity contribution in [2.24, 2.45) is 0 Å². The van der Waals surface area contributed by atoms with Crippen LogP contribution in [0.4, 0.5) is 0 Å². The van der Waals surface area contributed by atoms with Gasteiger partial charge in [0.05, 0.1) is 0 Å². The number of carbonyl (C=O) groups excluding carboxylic acids is 1. The molecule has 6 heteroatoms. The fraction of sp³-hybridized carbons (Fsp3) is 0.500. The number of piperidine rings is 1. The molecule has 1 fully saturated rings. The highest BCUT2D eigenvalue weighted by Crippen LogP contribution is 2.16. The van der Waals surface area contributed by atoms with Crippen LogP contribution in [-0.4, -0.2) is 42.0 Å². The number of hydrogen-bond donors (Lipinski definition) is 1. The fourth-order valence-corrected chi connectivity index (χ4v) is 3.13. The molecule has 4 nitrogen and oxygen atoms in total. The third-order valence-corrected chi connectivity index (χ3v) is 3.89. The van der Waals surface area contributed by atoms with Crippen LogP contribution in [0, 0.1) is 0 Å². The van der Waals surface area contributed by atoms with E-state index in [9.17, 15) is 4.79 Å². The molecular formula is C12H15Br2N3O. The van der Waals surface area contributed by atoms with Gasteiger partial charge in [-0.1, -0.05) is 0 Å². The maximum Gasteiger partial charge on any atom is 0.251 e. The second-order valence-electron chi connectivity index (χ2n) is 4.55. The Labute approximate surface area is 123 Å². The van der Waals surface area contributed by atoms with Crippen molar-refractivity contribution < 1.29 is 4.79 Å². The molecule has 98 valence electrons. The quantitative estimate of drug-likeness (QED) is 0.806. The SMILES string of the molecule is CN1CCC(NC(=O)c2cc(Br)nc(Br)c2)CC1. The van der Waals surface area contributed by atoms with Crippen LogP contribution in [0.15, 0.2) is 21.3 Å². The zero-order valence-electron chi connectivity index (χ0n) is 10.1. The van der Waals surface area contributed by atoms with Crippen LogP contribution < -0.4 is 5.32 Å². The molecule has 1 amide bonds. The largest absolute Gasteiger partial charge is 0.349 e. The number of amides is 1. The van der Waals surface area contributed by atoms with Crippen molar-refractivity contribution in [2.75, 3.05) is 20.1 Å². The summed E-state index contributed by atoms with van der Waals surface area (Å²) in [6, 6.07) is 3.74. The van der Waals surface area contributed by atoms with Crippen LogP contribution in [0.2, 0.25) is 0 Å². The summed E-state index contributed by atoms with van der Waals surface area (Å²) in [6.45, 7) is 2.07. The number of aromatic nitrogens is 1. The molecule has 0 atom stereocenters. The van der Waals surface area contributed by atoms with Gasteiger partial charge in [-0.2, -0.15) is 0 Å². The smallest absolute Gasteiger partial charge is 0.251 e. The topological polar surface area (TPSA) is 45.2 Å². The molecule has 2 rings (SSSR count). The minimum absolute atomic E-state index is 0.0339. The van der Waals surface area contributed by atoms with E-state index in [0.717, 1.165) is 25.9 Å². The van der Waals surface area contributed by atoms with Gasteiger partial charge in [0, 0.05) is 11.6 Å². The van der Waals surface area contributed by atoms with E-state index in [-0.39, 0.29) is 11.9 Å². The molecule has 0 radical (unpaired) electrons. The standard InChI is InChI=1S/C12H15Br2N3O/c1-17-4-2-9(3-5-17)15-12(18)8-6-10(13)16-11(14)7-8/h6-7,9H,2-5H2,1H3,(H,15,18). The molecule has 0 bridgehead atoms. The predicted octanol–water partition coefficient (Wildman–Crippen LogP) is 2.43.